The van der Waals surface area contributed by atoms with Gasteiger partial charge in [-0.3, -0.25) is 4.98 Å². The Labute approximate surface area is 101 Å². The molecule has 2 N–H and O–H groups in total. The van der Waals surface area contributed by atoms with Gasteiger partial charge in [0.25, 0.3) is 0 Å². The molecule has 17 heavy (non-hydrogen) atoms. The molecule has 0 aliphatic rings. The summed E-state index contributed by atoms with van der Waals surface area (Å²) >= 11 is 0. The molecule has 0 radical (unpaired) electrons. The average molecular weight is 228 g/mol. The van der Waals surface area contributed by atoms with E-state index in [-0.39, 0.29) is 0 Å². The fraction of sp³-hybridized carbons (Fsp3) is 0.308. The molecule has 0 bridgehead atoms. The number of hydrogen-bond acceptors (Lipinski definition) is 4. The number of rotatable bonds is 3. The van der Waals surface area contributed by atoms with Crippen molar-refractivity contribution >= 4 is 5.82 Å². The molecular weight excluding hydrogens is 212 g/mol. The smallest absolute Gasteiger partial charge is 0.131 e. The van der Waals surface area contributed by atoms with Crippen molar-refractivity contribution < 1.29 is 0 Å². The molecule has 2 aromatic rings. The van der Waals surface area contributed by atoms with E-state index >= 15 is 0 Å². The molecule has 0 aromatic carbocycles. The highest BCUT2D eigenvalue weighted by atomic mass is 14.9. The Kier molecular flexibility index (Phi) is 3.32. The van der Waals surface area contributed by atoms with Gasteiger partial charge < -0.3 is 5.73 Å². The number of pyridine rings is 1. The molecule has 0 unspecified atom stereocenters. The first-order chi connectivity index (χ1) is 8.19. The molecule has 0 saturated heterocycles. The van der Waals surface area contributed by atoms with Crippen LogP contribution in [0.1, 0.15) is 24.7 Å². The summed E-state index contributed by atoms with van der Waals surface area (Å²) < 4.78 is 0. The molecule has 0 atom stereocenters. The minimum Gasteiger partial charge on any atom is -0.384 e. The number of nitrogens with two attached hydrogens (primary N) is 1. The maximum atomic E-state index is 5.79. The van der Waals surface area contributed by atoms with Gasteiger partial charge in [0.05, 0.1) is 5.69 Å². The van der Waals surface area contributed by atoms with Crippen LogP contribution in [0.3, 0.4) is 0 Å². The summed E-state index contributed by atoms with van der Waals surface area (Å²) in [5.41, 5.74) is 8.73. The topological polar surface area (TPSA) is 64.7 Å². The summed E-state index contributed by atoms with van der Waals surface area (Å²) in [5, 5.41) is 0. The Hall–Kier alpha value is -1.97. The van der Waals surface area contributed by atoms with Gasteiger partial charge in [-0.2, -0.15) is 0 Å². The highest BCUT2D eigenvalue weighted by molar-refractivity contribution is 5.61. The van der Waals surface area contributed by atoms with Crippen LogP contribution in [0.5, 0.6) is 0 Å². The standard InChI is InChI=1S/C13H16N4/c1-3-4-13-16-11(6-12(14)17-13)10-5-9(2)7-15-8-10/h5-8H,3-4H2,1-2H3,(H2,14,16,17). The third-order valence-electron chi connectivity index (χ3n) is 2.44. The van der Waals surface area contributed by atoms with Gasteiger partial charge in [0.1, 0.15) is 11.6 Å². The first kappa shape index (κ1) is 11.5. The zero-order valence-corrected chi connectivity index (χ0v) is 10.1. The molecule has 0 saturated carbocycles. The van der Waals surface area contributed by atoms with E-state index in [0.29, 0.717) is 5.82 Å². The second kappa shape index (κ2) is 4.91. The fourth-order valence-electron chi connectivity index (χ4n) is 1.70. The lowest BCUT2D eigenvalue weighted by atomic mass is 10.1. The van der Waals surface area contributed by atoms with Gasteiger partial charge >= 0.3 is 0 Å². The summed E-state index contributed by atoms with van der Waals surface area (Å²) in [6, 6.07) is 3.83. The van der Waals surface area contributed by atoms with E-state index in [1.807, 2.05) is 19.2 Å². The third kappa shape index (κ3) is 2.78. The van der Waals surface area contributed by atoms with E-state index in [9.17, 15) is 0 Å². The molecule has 0 spiro atoms. The molecule has 0 aliphatic carbocycles. The third-order valence-corrected chi connectivity index (χ3v) is 2.44. The van der Waals surface area contributed by atoms with E-state index in [0.717, 1.165) is 35.5 Å². The van der Waals surface area contributed by atoms with Crippen molar-refractivity contribution in [2.45, 2.75) is 26.7 Å². The minimum atomic E-state index is 0.514. The molecular formula is C13H16N4. The molecule has 0 fully saturated rings. The number of nitrogens with zero attached hydrogens (tertiary/aromatic N) is 3. The summed E-state index contributed by atoms with van der Waals surface area (Å²) in [6.45, 7) is 4.11. The van der Waals surface area contributed by atoms with Crippen LogP contribution in [0.25, 0.3) is 11.3 Å². The van der Waals surface area contributed by atoms with Crippen molar-refractivity contribution in [1.82, 2.24) is 15.0 Å². The molecule has 88 valence electrons. The normalized spacial score (nSPS) is 10.5. The van der Waals surface area contributed by atoms with Crippen LogP contribution in [0.4, 0.5) is 5.82 Å². The van der Waals surface area contributed by atoms with E-state index in [2.05, 4.69) is 21.9 Å². The number of anilines is 1. The molecule has 2 rings (SSSR count). The lowest BCUT2D eigenvalue weighted by Crippen LogP contribution is -2.01. The Morgan fingerprint density at radius 3 is 2.71 bits per heavy atom. The van der Waals surface area contributed by atoms with Gasteiger partial charge in [-0.05, 0) is 25.0 Å². The predicted molar refractivity (Wildman–Crippen MR) is 68.4 cm³/mol. The van der Waals surface area contributed by atoms with Gasteiger partial charge in [-0.25, -0.2) is 9.97 Å². The number of nitrogen functional groups attached to an aromatic ring is 1. The molecule has 4 nitrogen and oxygen atoms in total. The zero-order valence-electron chi connectivity index (χ0n) is 10.1. The van der Waals surface area contributed by atoms with Gasteiger partial charge in [-0.1, -0.05) is 6.92 Å². The van der Waals surface area contributed by atoms with Gasteiger partial charge in [0.15, 0.2) is 0 Å². The van der Waals surface area contributed by atoms with Crippen LogP contribution in [0.2, 0.25) is 0 Å². The Balaban J connectivity index is 2.44. The van der Waals surface area contributed by atoms with Gasteiger partial charge in [-0.15, -0.1) is 0 Å². The van der Waals surface area contributed by atoms with Crippen LogP contribution >= 0.6 is 0 Å². The number of aryl methyl sites for hydroxylation is 2. The zero-order chi connectivity index (χ0) is 12.3. The maximum Gasteiger partial charge on any atom is 0.131 e. The van der Waals surface area contributed by atoms with E-state index in [1.54, 1.807) is 12.3 Å². The van der Waals surface area contributed by atoms with Crippen molar-refractivity contribution in [2.24, 2.45) is 0 Å². The molecule has 2 heterocycles. The van der Waals surface area contributed by atoms with Crippen LogP contribution in [0, 0.1) is 6.92 Å². The largest absolute Gasteiger partial charge is 0.384 e. The highest BCUT2D eigenvalue weighted by Gasteiger charge is 2.05. The van der Waals surface area contributed by atoms with E-state index in [1.165, 1.54) is 0 Å². The van der Waals surface area contributed by atoms with E-state index in [4.69, 9.17) is 5.73 Å². The predicted octanol–water partition coefficient (Wildman–Crippen LogP) is 2.38. The van der Waals surface area contributed by atoms with Crippen molar-refractivity contribution in [2.75, 3.05) is 5.73 Å². The second-order valence-electron chi connectivity index (χ2n) is 4.10. The molecule has 4 heteroatoms. The first-order valence-electron chi connectivity index (χ1n) is 5.74. The van der Waals surface area contributed by atoms with Crippen molar-refractivity contribution in [3.63, 3.8) is 0 Å². The van der Waals surface area contributed by atoms with Crippen LogP contribution < -0.4 is 5.73 Å². The first-order valence-corrected chi connectivity index (χ1v) is 5.74. The SMILES string of the molecule is CCCc1nc(N)cc(-c2cncc(C)c2)n1. The molecule has 0 amide bonds. The average Bonchev–Trinajstić information content (AvgIpc) is 2.28. The van der Waals surface area contributed by atoms with E-state index < -0.39 is 0 Å². The van der Waals surface area contributed by atoms with Gasteiger partial charge in [0, 0.05) is 30.4 Å². The summed E-state index contributed by atoms with van der Waals surface area (Å²) in [7, 11) is 0. The van der Waals surface area contributed by atoms with Crippen LogP contribution in [-0.4, -0.2) is 15.0 Å². The lowest BCUT2D eigenvalue weighted by molar-refractivity contribution is 0.839. The quantitative estimate of drug-likeness (QED) is 0.876. The summed E-state index contributed by atoms with van der Waals surface area (Å²) in [4.78, 5) is 12.9. The fourth-order valence-corrected chi connectivity index (χ4v) is 1.70. The lowest BCUT2D eigenvalue weighted by Gasteiger charge is -2.05. The van der Waals surface area contributed by atoms with Gasteiger partial charge in [0.2, 0.25) is 0 Å². The van der Waals surface area contributed by atoms with Crippen LogP contribution in [-0.2, 0) is 6.42 Å². The maximum absolute atomic E-state index is 5.79. The van der Waals surface area contributed by atoms with Crippen molar-refractivity contribution in [3.05, 3.63) is 35.9 Å². The number of aromatic nitrogens is 3. The Morgan fingerprint density at radius 2 is 2.00 bits per heavy atom. The summed E-state index contributed by atoms with van der Waals surface area (Å²) in [5.74, 6) is 1.31. The monoisotopic (exact) mass is 228 g/mol. The summed E-state index contributed by atoms with van der Waals surface area (Å²) in [6.07, 6.45) is 5.47. The molecule has 0 aliphatic heterocycles. The Morgan fingerprint density at radius 1 is 1.18 bits per heavy atom. The van der Waals surface area contributed by atoms with Crippen LogP contribution in [0.15, 0.2) is 24.5 Å². The Bertz CT molecular complexity index is 523. The molecule has 2 aromatic heterocycles. The second-order valence-corrected chi connectivity index (χ2v) is 4.10. The van der Waals surface area contributed by atoms with Crippen molar-refractivity contribution in [1.29, 1.82) is 0 Å². The highest BCUT2D eigenvalue weighted by Crippen LogP contribution is 2.19. The van der Waals surface area contributed by atoms with Crippen molar-refractivity contribution in [3.8, 4) is 11.3 Å². The minimum absolute atomic E-state index is 0.514. The number of hydrogen-bond donors (Lipinski definition) is 1.